The second kappa shape index (κ2) is 7.56. The number of nitrogens with zero attached hydrogens (tertiary/aromatic N) is 2. The van der Waals surface area contributed by atoms with Crippen molar-refractivity contribution in [2.24, 2.45) is 5.92 Å². The van der Waals surface area contributed by atoms with Gasteiger partial charge in [-0.1, -0.05) is 19.0 Å². The first kappa shape index (κ1) is 17.6. The quantitative estimate of drug-likeness (QED) is 0.786. The lowest BCUT2D eigenvalue weighted by molar-refractivity contribution is -0.116. The maximum atomic E-state index is 11.8. The van der Waals surface area contributed by atoms with E-state index in [4.69, 9.17) is 4.52 Å². The van der Waals surface area contributed by atoms with Gasteiger partial charge in [-0.25, -0.2) is 12.7 Å². The Labute approximate surface area is 125 Å². The van der Waals surface area contributed by atoms with Crippen LogP contribution in [0.3, 0.4) is 0 Å². The highest BCUT2D eigenvalue weighted by Gasteiger charge is 2.18. The van der Waals surface area contributed by atoms with Gasteiger partial charge >= 0.3 is 0 Å². The normalized spacial score (nSPS) is 12.1. The number of nitrogens with one attached hydrogen (secondary N) is 1. The number of hydrogen-bond donors (Lipinski definition) is 1. The minimum atomic E-state index is -3.31. The zero-order chi connectivity index (χ0) is 16.0. The summed E-state index contributed by atoms with van der Waals surface area (Å²) in [7, 11) is -3.31. The van der Waals surface area contributed by atoms with Crippen molar-refractivity contribution < 1.29 is 17.7 Å². The SMILES string of the molecule is Cc1cc(NC(=O)CCN(CCC(C)C)S(C)(=O)=O)no1. The van der Waals surface area contributed by atoms with Crippen LogP contribution in [0.1, 0.15) is 32.4 Å². The molecular formula is C13H23N3O4S. The van der Waals surface area contributed by atoms with E-state index >= 15 is 0 Å². The number of rotatable bonds is 8. The second-order valence-corrected chi connectivity index (χ2v) is 7.45. The summed E-state index contributed by atoms with van der Waals surface area (Å²) >= 11 is 0. The molecule has 8 heteroatoms. The Kier molecular flexibility index (Phi) is 6.35. The average molecular weight is 317 g/mol. The van der Waals surface area contributed by atoms with Gasteiger partial charge in [0.1, 0.15) is 5.76 Å². The summed E-state index contributed by atoms with van der Waals surface area (Å²) in [5.41, 5.74) is 0. The van der Waals surface area contributed by atoms with Crippen molar-refractivity contribution in [3.8, 4) is 0 Å². The number of sulfonamides is 1. The monoisotopic (exact) mass is 317 g/mol. The molecule has 1 amide bonds. The number of aromatic nitrogens is 1. The van der Waals surface area contributed by atoms with E-state index in [0.717, 1.165) is 12.7 Å². The summed E-state index contributed by atoms with van der Waals surface area (Å²) in [4.78, 5) is 11.8. The van der Waals surface area contributed by atoms with Crippen LogP contribution in [0.15, 0.2) is 10.6 Å². The average Bonchev–Trinajstić information content (AvgIpc) is 2.72. The second-order valence-electron chi connectivity index (χ2n) is 5.47. The van der Waals surface area contributed by atoms with Crippen molar-refractivity contribution >= 4 is 21.7 Å². The molecule has 1 rings (SSSR count). The molecule has 0 saturated carbocycles. The Morgan fingerprint density at radius 3 is 2.57 bits per heavy atom. The fourth-order valence-corrected chi connectivity index (χ4v) is 2.56. The van der Waals surface area contributed by atoms with Gasteiger partial charge in [-0.3, -0.25) is 4.79 Å². The predicted molar refractivity (Wildman–Crippen MR) is 80.4 cm³/mol. The lowest BCUT2D eigenvalue weighted by Crippen LogP contribution is -2.34. The van der Waals surface area contributed by atoms with E-state index in [1.54, 1.807) is 13.0 Å². The summed E-state index contributed by atoms with van der Waals surface area (Å²) in [6.07, 6.45) is 2.00. The van der Waals surface area contributed by atoms with Crippen molar-refractivity contribution in [2.75, 3.05) is 24.7 Å². The van der Waals surface area contributed by atoms with Gasteiger partial charge in [0, 0.05) is 25.6 Å². The molecular weight excluding hydrogens is 294 g/mol. The van der Waals surface area contributed by atoms with Gasteiger partial charge in [0.25, 0.3) is 0 Å². The summed E-state index contributed by atoms with van der Waals surface area (Å²) < 4.78 is 29.5. The molecule has 0 atom stereocenters. The first-order chi connectivity index (χ1) is 9.68. The van der Waals surface area contributed by atoms with E-state index in [1.807, 2.05) is 13.8 Å². The summed E-state index contributed by atoms with van der Waals surface area (Å²) in [6, 6.07) is 1.60. The third-order valence-corrected chi connectivity index (χ3v) is 4.21. The predicted octanol–water partition coefficient (Wildman–Crippen LogP) is 1.62. The third-order valence-electron chi connectivity index (χ3n) is 2.91. The van der Waals surface area contributed by atoms with E-state index in [-0.39, 0.29) is 18.9 Å². The van der Waals surface area contributed by atoms with Gasteiger partial charge in [0.15, 0.2) is 5.82 Å². The van der Waals surface area contributed by atoms with E-state index in [0.29, 0.717) is 24.0 Å². The number of carbonyl (C=O) groups excluding carboxylic acids is 1. The number of amides is 1. The molecule has 120 valence electrons. The maximum Gasteiger partial charge on any atom is 0.226 e. The highest BCUT2D eigenvalue weighted by Crippen LogP contribution is 2.09. The maximum absolute atomic E-state index is 11.8. The molecule has 0 saturated heterocycles. The van der Waals surface area contributed by atoms with Gasteiger partial charge < -0.3 is 9.84 Å². The Hall–Kier alpha value is -1.41. The van der Waals surface area contributed by atoms with Crippen molar-refractivity contribution in [3.05, 3.63) is 11.8 Å². The molecule has 0 aromatic carbocycles. The molecule has 1 aromatic heterocycles. The Balaban J connectivity index is 2.50. The molecule has 1 aromatic rings. The number of anilines is 1. The zero-order valence-electron chi connectivity index (χ0n) is 12.9. The number of hydrogen-bond acceptors (Lipinski definition) is 5. The molecule has 1 heterocycles. The Morgan fingerprint density at radius 2 is 2.10 bits per heavy atom. The highest BCUT2D eigenvalue weighted by molar-refractivity contribution is 7.88. The van der Waals surface area contributed by atoms with Crippen molar-refractivity contribution in [2.45, 2.75) is 33.6 Å². The molecule has 1 N–H and O–H groups in total. The molecule has 0 unspecified atom stereocenters. The van der Waals surface area contributed by atoms with Crippen LogP contribution in [-0.2, 0) is 14.8 Å². The van der Waals surface area contributed by atoms with Gasteiger partial charge in [-0.2, -0.15) is 0 Å². The van der Waals surface area contributed by atoms with Gasteiger partial charge in [0.2, 0.25) is 15.9 Å². The van der Waals surface area contributed by atoms with Crippen LogP contribution in [0.5, 0.6) is 0 Å². The highest BCUT2D eigenvalue weighted by atomic mass is 32.2. The lowest BCUT2D eigenvalue weighted by atomic mass is 10.1. The minimum Gasteiger partial charge on any atom is -0.360 e. The Morgan fingerprint density at radius 1 is 1.43 bits per heavy atom. The largest absolute Gasteiger partial charge is 0.360 e. The fraction of sp³-hybridized carbons (Fsp3) is 0.692. The van der Waals surface area contributed by atoms with Crippen LogP contribution in [-0.4, -0.2) is 43.1 Å². The van der Waals surface area contributed by atoms with Gasteiger partial charge in [0.05, 0.1) is 6.26 Å². The topological polar surface area (TPSA) is 92.5 Å². The van der Waals surface area contributed by atoms with Crippen molar-refractivity contribution in [3.63, 3.8) is 0 Å². The minimum absolute atomic E-state index is 0.0804. The van der Waals surface area contributed by atoms with E-state index < -0.39 is 10.0 Å². The van der Waals surface area contributed by atoms with Gasteiger partial charge in [-0.15, -0.1) is 0 Å². The third kappa shape index (κ3) is 6.72. The standard InChI is InChI=1S/C13H23N3O4S/c1-10(2)5-7-16(21(4,18)19)8-6-13(17)14-12-9-11(3)20-15-12/h9-10H,5-8H2,1-4H3,(H,14,15,17). The van der Waals surface area contributed by atoms with E-state index in [9.17, 15) is 13.2 Å². The lowest BCUT2D eigenvalue weighted by Gasteiger charge is -2.20. The molecule has 0 aliphatic carbocycles. The van der Waals surface area contributed by atoms with Crippen LogP contribution >= 0.6 is 0 Å². The molecule has 21 heavy (non-hydrogen) atoms. The fourth-order valence-electron chi connectivity index (χ4n) is 1.70. The molecule has 0 spiro atoms. The van der Waals surface area contributed by atoms with Gasteiger partial charge in [-0.05, 0) is 19.3 Å². The molecule has 0 radical (unpaired) electrons. The van der Waals surface area contributed by atoms with Crippen LogP contribution in [0, 0.1) is 12.8 Å². The first-order valence-corrected chi connectivity index (χ1v) is 8.71. The van der Waals surface area contributed by atoms with E-state index in [1.165, 1.54) is 4.31 Å². The van der Waals surface area contributed by atoms with E-state index in [2.05, 4.69) is 10.5 Å². The molecule has 7 nitrogen and oxygen atoms in total. The molecule has 0 bridgehead atoms. The molecule has 0 aliphatic rings. The summed E-state index contributed by atoms with van der Waals surface area (Å²) in [6.45, 7) is 6.36. The van der Waals surface area contributed by atoms with Crippen molar-refractivity contribution in [1.82, 2.24) is 9.46 Å². The van der Waals surface area contributed by atoms with Crippen LogP contribution < -0.4 is 5.32 Å². The first-order valence-electron chi connectivity index (χ1n) is 6.86. The number of aryl methyl sites for hydroxylation is 1. The van der Waals surface area contributed by atoms with Crippen LogP contribution in [0.25, 0.3) is 0 Å². The van der Waals surface area contributed by atoms with Crippen molar-refractivity contribution in [1.29, 1.82) is 0 Å². The van der Waals surface area contributed by atoms with Crippen LogP contribution in [0.2, 0.25) is 0 Å². The zero-order valence-corrected chi connectivity index (χ0v) is 13.7. The summed E-state index contributed by atoms with van der Waals surface area (Å²) in [5.74, 6) is 1.05. The van der Waals surface area contributed by atoms with Crippen LogP contribution in [0.4, 0.5) is 5.82 Å². The molecule has 0 aliphatic heterocycles. The Bertz CT molecular complexity index is 566. The summed E-state index contributed by atoms with van der Waals surface area (Å²) in [5, 5.41) is 6.22. The number of carbonyl (C=O) groups is 1. The molecule has 0 fully saturated rings. The smallest absolute Gasteiger partial charge is 0.226 e.